The molecule has 0 radical (unpaired) electrons. The lowest BCUT2D eigenvalue weighted by Gasteiger charge is -2.47. The molecule has 4 fully saturated rings. The summed E-state index contributed by atoms with van der Waals surface area (Å²) < 4.78 is 0. The lowest BCUT2D eigenvalue weighted by molar-refractivity contribution is 0.0671. The minimum absolute atomic E-state index is 0.657. The van der Waals surface area contributed by atoms with Gasteiger partial charge in [0.05, 0.1) is 0 Å². The number of hydrogen-bond acceptors (Lipinski definition) is 4. The molecule has 4 saturated heterocycles. The van der Waals surface area contributed by atoms with E-state index in [2.05, 4.69) is 41.3 Å². The summed E-state index contributed by atoms with van der Waals surface area (Å²) in [5.41, 5.74) is 1.39. The molecule has 128 valence electrons. The van der Waals surface area contributed by atoms with Crippen LogP contribution in [-0.4, -0.2) is 75.2 Å². The Labute approximate surface area is 137 Å². The fourth-order valence-electron chi connectivity index (χ4n) is 4.48. The third-order valence-corrected chi connectivity index (χ3v) is 6.58. The second kappa shape index (κ2) is 6.76. The Hall–Kier alpha value is -0.160. The van der Waals surface area contributed by atoms with Gasteiger partial charge in [0.25, 0.3) is 0 Å². The number of nitrogens with zero attached hydrogens (tertiary/aromatic N) is 2. The first-order chi connectivity index (χ1) is 10.5. The van der Waals surface area contributed by atoms with E-state index in [1.807, 2.05) is 0 Å². The molecule has 4 rings (SSSR count). The van der Waals surface area contributed by atoms with Gasteiger partial charge in [0.1, 0.15) is 0 Å². The second-order valence-corrected chi connectivity index (χ2v) is 8.65. The summed E-state index contributed by atoms with van der Waals surface area (Å²) in [5.74, 6) is 0. The zero-order chi connectivity index (χ0) is 15.6. The highest BCUT2D eigenvalue weighted by atomic mass is 15.2. The maximum absolute atomic E-state index is 3.49. The van der Waals surface area contributed by atoms with Crippen LogP contribution >= 0.6 is 0 Å². The SMILES string of the molecule is CC(C)N1CCC2(CCNC2)C1.CN1CCC2(CC1)CNC2. The van der Waals surface area contributed by atoms with Crippen molar-refractivity contribution in [1.29, 1.82) is 0 Å². The summed E-state index contributed by atoms with van der Waals surface area (Å²) >= 11 is 0. The Morgan fingerprint density at radius 3 is 1.91 bits per heavy atom. The number of rotatable bonds is 1. The highest BCUT2D eigenvalue weighted by Crippen LogP contribution is 2.36. The smallest absolute Gasteiger partial charge is 0.00538 e. The van der Waals surface area contributed by atoms with Crippen molar-refractivity contribution in [3.8, 4) is 0 Å². The third-order valence-electron chi connectivity index (χ3n) is 6.58. The van der Waals surface area contributed by atoms with E-state index in [1.54, 1.807) is 0 Å². The van der Waals surface area contributed by atoms with Gasteiger partial charge < -0.3 is 20.4 Å². The quantitative estimate of drug-likeness (QED) is 0.766. The van der Waals surface area contributed by atoms with Crippen molar-refractivity contribution in [2.75, 3.05) is 59.4 Å². The van der Waals surface area contributed by atoms with E-state index in [9.17, 15) is 0 Å². The molecule has 0 aromatic rings. The Morgan fingerprint density at radius 2 is 1.45 bits per heavy atom. The van der Waals surface area contributed by atoms with Gasteiger partial charge in [0.15, 0.2) is 0 Å². The van der Waals surface area contributed by atoms with Crippen molar-refractivity contribution >= 4 is 0 Å². The first-order valence-electron chi connectivity index (χ1n) is 9.37. The van der Waals surface area contributed by atoms with Crippen LogP contribution in [0.3, 0.4) is 0 Å². The van der Waals surface area contributed by atoms with Crippen molar-refractivity contribution in [1.82, 2.24) is 20.4 Å². The molecule has 4 aliphatic heterocycles. The van der Waals surface area contributed by atoms with Crippen LogP contribution in [0.15, 0.2) is 0 Å². The first-order valence-corrected chi connectivity index (χ1v) is 9.37. The molecule has 2 spiro atoms. The number of nitrogens with one attached hydrogen (secondary N) is 2. The second-order valence-electron chi connectivity index (χ2n) is 8.65. The van der Waals surface area contributed by atoms with Gasteiger partial charge in [-0.3, -0.25) is 0 Å². The van der Waals surface area contributed by atoms with E-state index in [0.29, 0.717) is 5.41 Å². The monoisotopic (exact) mass is 308 g/mol. The lowest BCUT2D eigenvalue weighted by Crippen LogP contribution is -2.57. The Kier molecular flexibility index (Phi) is 5.13. The molecule has 1 unspecified atom stereocenters. The van der Waals surface area contributed by atoms with E-state index >= 15 is 0 Å². The Morgan fingerprint density at radius 1 is 0.818 bits per heavy atom. The predicted molar refractivity (Wildman–Crippen MR) is 93.3 cm³/mol. The fraction of sp³-hybridized carbons (Fsp3) is 1.00. The van der Waals surface area contributed by atoms with Crippen LogP contribution in [0.4, 0.5) is 0 Å². The van der Waals surface area contributed by atoms with Gasteiger partial charge in [-0.2, -0.15) is 0 Å². The summed E-state index contributed by atoms with van der Waals surface area (Å²) in [6, 6.07) is 0.741. The van der Waals surface area contributed by atoms with Gasteiger partial charge in [-0.05, 0) is 83.6 Å². The van der Waals surface area contributed by atoms with Gasteiger partial charge in [-0.1, -0.05) is 0 Å². The molecular weight excluding hydrogens is 272 g/mol. The van der Waals surface area contributed by atoms with Crippen LogP contribution in [0.25, 0.3) is 0 Å². The minimum Gasteiger partial charge on any atom is -0.316 e. The summed E-state index contributed by atoms with van der Waals surface area (Å²) in [6.07, 6.45) is 5.64. The van der Waals surface area contributed by atoms with Gasteiger partial charge in [-0.25, -0.2) is 0 Å². The maximum atomic E-state index is 3.49. The normalized spacial score (nSPS) is 34.9. The zero-order valence-electron chi connectivity index (χ0n) is 15.0. The number of piperidine rings is 1. The average Bonchev–Trinajstić information content (AvgIpc) is 3.10. The maximum Gasteiger partial charge on any atom is 0.00538 e. The van der Waals surface area contributed by atoms with Crippen LogP contribution in [0.1, 0.15) is 39.5 Å². The van der Waals surface area contributed by atoms with E-state index in [1.165, 1.54) is 78.0 Å². The molecule has 4 nitrogen and oxygen atoms in total. The molecule has 0 aromatic carbocycles. The highest BCUT2D eigenvalue weighted by Gasteiger charge is 2.40. The standard InChI is InChI=1S/C10H20N2.C8H16N2/c1-9(2)12-6-4-10(8-12)3-5-11-7-10;1-10-4-2-8(3-5-10)6-9-7-8/h9,11H,3-8H2,1-2H3;9H,2-7H2,1H3. The molecule has 22 heavy (non-hydrogen) atoms. The van der Waals surface area contributed by atoms with Crippen molar-refractivity contribution in [3.05, 3.63) is 0 Å². The Bertz CT molecular complexity index is 348. The molecule has 0 amide bonds. The molecule has 1 atom stereocenters. The summed E-state index contributed by atoms with van der Waals surface area (Å²) in [4.78, 5) is 5.05. The number of hydrogen-bond donors (Lipinski definition) is 2. The topological polar surface area (TPSA) is 30.5 Å². The molecule has 0 aromatic heterocycles. The zero-order valence-corrected chi connectivity index (χ0v) is 15.0. The summed E-state index contributed by atoms with van der Waals surface area (Å²) in [7, 11) is 2.22. The predicted octanol–water partition coefficient (Wildman–Crippen LogP) is 1.38. The fourth-order valence-corrected chi connectivity index (χ4v) is 4.48. The molecule has 4 aliphatic rings. The van der Waals surface area contributed by atoms with Crippen molar-refractivity contribution in [2.45, 2.75) is 45.6 Å². The lowest BCUT2D eigenvalue weighted by atomic mass is 9.74. The molecule has 0 aliphatic carbocycles. The van der Waals surface area contributed by atoms with Gasteiger partial charge in [-0.15, -0.1) is 0 Å². The van der Waals surface area contributed by atoms with Crippen LogP contribution < -0.4 is 10.6 Å². The highest BCUT2D eigenvalue weighted by molar-refractivity contribution is 4.96. The molecular formula is C18H36N4. The summed E-state index contributed by atoms with van der Waals surface area (Å²) in [5, 5.41) is 6.86. The van der Waals surface area contributed by atoms with Crippen molar-refractivity contribution in [3.63, 3.8) is 0 Å². The van der Waals surface area contributed by atoms with Gasteiger partial charge in [0.2, 0.25) is 0 Å². The van der Waals surface area contributed by atoms with E-state index in [-0.39, 0.29) is 0 Å². The van der Waals surface area contributed by atoms with Crippen LogP contribution in [-0.2, 0) is 0 Å². The summed E-state index contributed by atoms with van der Waals surface area (Å²) in [6.45, 7) is 14.9. The molecule has 2 N–H and O–H groups in total. The van der Waals surface area contributed by atoms with Gasteiger partial charge in [0, 0.05) is 32.2 Å². The largest absolute Gasteiger partial charge is 0.316 e. The van der Waals surface area contributed by atoms with Crippen LogP contribution in [0.5, 0.6) is 0 Å². The van der Waals surface area contributed by atoms with E-state index < -0.39 is 0 Å². The Balaban J connectivity index is 0.000000133. The first kappa shape index (κ1) is 16.7. The van der Waals surface area contributed by atoms with Crippen LogP contribution in [0, 0.1) is 10.8 Å². The minimum atomic E-state index is 0.657. The average molecular weight is 309 g/mol. The molecule has 4 heteroatoms. The molecule has 4 heterocycles. The van der Waals surface area contributed by atoms with Crippen LogP contribution in [0.2, 0.25) is 0 Å². The van der Waals surface area contributed by atoms with Gasteiger partial charge >= 0.3 is 0 Å². The molecule has 0 bridgehead atoms. The van der Waals surface area contributed by atoms with Crippen molar-refractivity contribution in [2.24, 2.45) is 10.8 Å². The third kappa shape index (κ3) is 3.66. The van der Waals surface area contributed by atoms with E-state index in [0.717, 1.165) is 11.5 Å². The molecule has 0 saturated carbocycles. The van der Waals surface area contributed by atoms with E-state index in [4.69, 9.17) is 0 Å². The number of likely N-dealkylation sites (tertiary alicyclic amines) is 2. The van der Waals surface area contributed by atoms with Crippen molar-refractivity contribution < 1.29 is 0 Å².